The number of rotatable bonds is 7. The molecule has 0 radical (unpaired) electrons. The number of phenols is 1. The summed E-state index contributed by atoms with van der Waals surface area (Å²) in [5.41, 5.74) is 1.56. The van der Waals surface area contributed by atoms with Gasteiger partial charge in [-0.05, 0) is 56.7 Å². The number of phenolic OH excluding ortho intramolecular Hbond substituents is 1. The number of esters is 1. The monoisotopic (exact) mass is 572 g/mol. The molecule has 0 fully saturated rings. The Bertz CT molecular complexity index is 1520. The molecule has 10 heteroatoms. The summed E-state index contributed by atoms with van der Waals surface area (Å²) in [5.74, 6) is 0.364. The summed E-state index contributed by atoms with van der Waals surface area (Å²) in [7, 11) is 1.57. The largest absolute Gasteiger partial charge is 0.504 e. The molecule has 0 aliphatic carbocycles. The molecule has 3 aromatic rings. The normalized spacial score (nSPS) is 15.4. The van der Waals surface area contributed by atoms with Crippen molar-refractivity contribution >= 4 is 39.3 Å². The van der Waals surface area contributed by atoms with Crippen molar-refractivity contribution in [2.24, 2.45) is 4.99 Å². The smallest absolute Gasteiger partial charge is 0.338 e. The van der Waals surface area contributed by atoms with Crippen LogP contribution in [0.4, 0.5) is 0 Å². The number of nitrogens with zero attached hydrogens (tertiary/aromatic N) is 2. The third kappa shape index (κ3) is 4.83. The zero-order chi connectivity index (χ0) is 26.0. The number of methoxy groups -OCH3 is 1. The summed E-state index contributed by atoms with van der Waals surface area (Å²) in [6.45, 7) is 5.85. The average molecular weight is 573 g/mol. The molecule has 1 aliphatic rings. The van der Waals surface area contributed by atoms with Gasteiger partial charge in [0.15, 0.2) is 16.3 Å². The van der Waals surface area contributed by atoms with Crippen molar-refractivity contribution in [1.82, 2.24) is 4.57 Å². The van der Waals surface area contributed by atoms with Crippen LogP contribution in [0.25, 0.3) is 6.08 Å². The Hall–Kier alpha value is -3.37. The van der Waals surface area contributed by atoms with E-state index in [1.165, 1.54) is 15.9 Å². The average Bonchev–Trinajstić information content (AvgIpc) is 3.15. The van der Waals surface area contributed by atoms with Crippen molar-refractivity contribution in [3.05, 3.63) is 83.0 Å². The van der Waals surface area contributed by atoms with Crippen LogP contribution in [-0.2, 0) is 9.53 Å². The number of allylic oxidation sites excluding steroid dienone is 1. The molecule has 0 unspecified atom stereocenters. The van der Waals surface area contributed by atoms with Crippen LogP contribution in [0.2, 0.25) is 0 Å². The number of aromatic hydroxyl groups is 1. The standard InChI is InChI=1S/C26H25BrN2O6S/c1-5-34-19-13-17(27)11-16(23(19)30)12-20-24(31)29-22(15-7-9-18(33-4)10-8-15)21(25(32)35-6-2)14(3)28-26(29)36-20/h7-13,22,30H,5-6H2,1-4H3/t22-/m0/s1. The zero-order valence-corrected chi connectivity index (χ0v) is 22.6. The number of fused-ring (bicyclic) bond motifs is 1. The van der Waals surface area contributed by atoms with Gasteiger partial charge in [-0.2, -0.15) is 0 Å². The number of thiazole rings is 1. The highest BCUT2D eigenvalue weighted by atomic mass is 79.9. The molecule has 8 nitrogen and oxygen atoms in total. The van der Waals surface area contributed by atoms with Crippen molar-refractivity contribution in [3.63, 3.8) is 0 Å². The molecule has 4 rings (SSSR count). The summed E-state index contributed by atoms with van der Waals surface area (Å²) in [6.07, 6.45) is 1.60. The summed E-state index contributed by atoms with van der Waals surface area (Å²) >= 11 is 4.60. The number of carbonyl (C=O) groups excluding carboxylic acids is 1. The maximum absolute atomic E-state index is 13.7. The highest BCUT2D eigenvalue weighted by Crippen LogP contribution is 2.35. The topological polar surface area (TPSA) is 99.4 Å². The lowest BCUT2D eigenvalue weighted by molar-refractivity contribution is -0.139. The minimum atomic E-state index is -0.733. The van der Waals surface area contributed by atoms with E-state index in [4.69, 9.17) is 14.2 Å². The summed E-state index contributed by atoms with van der Waals surface area (Å²) in [4.78, 5) is 31.7. The molecule has 1 aliphatic heterocycles. The Labute approximate surface area is 219 Å². The second kappa shape index (κ2) is 10.7. The lowest BCUT2D eigenvalue weighted by Gasteiger charge is -2.24. The second-order valence-electron chi connectivity index (χ2n) is 7.85. The van der Waals surface area contributed by atoms with Gasteiger partial charge < -0.3 is 19.3 Å². The van der Waals surface area contributed by atoms with E-state index in [1.54, 1.807) is 51.3 Å². The third-order valence-electron chi connectivity index (χ3n) is 5.60. The number of hydrogen-bond donors (Lipinski definition) is 1. The van der Waals surface area contributed by atoms with E-state index in [2.05, 4.69) is 20.9 Å². The number of ether oxygens (including phenoxy) is 3. The molecule has 2 aromatic carbocycles. The SMILES string of the molecule is CCOC(=O)C1=C(C)N=c2sc(=Cc3cc(Br)cc(OCC)c3O)c(=O)n2[C@H]1c1ccc(OC)cc1. The van der Waals surface area contributed by atoms with Gasteiger partial charge in [0.2, 0.25) is 0 Å². The maximum atomic E-state index is 13.7. The van der Waals surface area contributed by atoms with Crippen LogP contribution >= 0.6 is 27.3 Å². The highest BCUT2D eigenvalue weighted by molar-refractivity contribution is 9.10. The highest BCUT2D eigenvalue weighted by Gasteiger charge is 2.33. The van der Waals surface area contributed by atoms with E-state index in [1.807, 2.05) is 19.1 Å². The van der Waals surface area contributed by atoms with Crippen LogP contribution in [0.1, 0.15) is 37.9 Å². The minimum Gasteiger partial charge on any atom is -0.504 e. The van der Waals surface area contributed by atoms with Crippen LogP contribution in [0.15, 0.2) is 61.9 Å². The van der Waals surface area contributed by atoms with Gasteiger partial charge in [0.05, 0.1) is 42.2 Å². The van der Waals surface area contributed by atoms with Gasteiger partial charge in [0, 0.05) is 10.0 Å². The molecule has 0 saturated heterocycles. The first-order valence-corrected chi connectivity index (χ1v) is 12.9. The van der Waals surface area contributed by atoms with Crippen LogP contribution in [0.5, 0.6) is 17.2 Å². The Morgan fingerprint density at radius 1 is 1.22 bits per heavy atom. The fourth-order valence-electron chi connectivity index (χ4n) is 4.00. The fraction of sp³-hybridized carbons (Fsp3) is 0.269. The molecule has 36 heavy (non-hydrogen) atoms. The van der Waals surface area contributed by atoms with E-state index in [0.29, 0.717) is 54.3 Å². The van der Waals surface area contributed by atoms with Crippen LogP contribution in [-0.4, -0.2) is 36.0 Å². The Kier molecular flexibility index (Phi) is 7.65. The van der Waals surface area contributed by atoms with Crippen molar-refractivity contribution < 1.29 is 24.1 Å². The van der Waals surface area contributed by atoms with E-state index in [-0.39, 0.29) is 17.9 Å². The number of aromatic nitrogens is 1. The number of carbonyl (C=O) groups is 1. The van der Waals surface area contributed by atoms with Crippen LogP contribution in [0, 0.1) is 0 Å². The molecule has 0 saturated carbocycles. The van der Waals surface area contributed by atoms with Gasteiger partial charge >= 0.3 is 5.97 Å². The van der Waals surface area contributed by atoms with E-state index in [0.717, 1.165) is 0 Å². The van der Waals surface area contributed by atoms with Gasteiger partial charge in [-0.15, -0.1) is 0 Å². The molecule has 1 N–H and O–H groups in total. The molecule has 0 amide bonds. The van der Waals surface area contributed by atoms with Crippen molar-refractivity contribution in [2.75, 3.05) is 20.3 Å². The molecule has 188 valence electrons. The molecule has 0 spiro atoms. The number of benzene rings is 2. The molecular formula is C26H25BrN2O6S. The van der Waals surface area contributed by atoms with Gasteiger partial charge in [0.1, 0.15) is 5.75 Å². The Balaban J connectivity index is 1.95. The molecule has 1 atom stereocenters. The third-order valence-corrected chi connectivity index (χ3v) is 7.04. The predicted molar refractivity (Wildman–Crippen MR) is 140 cm³/mol. The van der Waals surface area contributed by atoms with Gasteiger partial charge in [-0.3, -0.25) is 9.36 Å². The molecule has 1 aromatic heterocycles. The number of halogens is 1. The predicted octanol–water partition coefficient (Wildman–Crippen LogP) is 3.67. The van der Waals surface area contributed by atoms with E-state index >= 15 is 0 Å². The zero-order valence-electron chi connectivity index (χ0n) is 20.2. The Morgan fingerprint density at radius 2 is 1.94 bits per heavy atom. The minimum absolute atomic E-state index is 0.0685. The molecule has 0 bridgehead atoms. The van der Waals surface area contributed by atoms with E-state index < -0.39 is 12.0 Å². The number of hydrogen-bond acceptors (Lipinski definition) is 8. The van der Waals surface area contributed by atoms with Crippen molar-refractivity contribution in [1.29, 1.82) is 0 Å². The van der Waals surface area contributed by atoms with Gasteiger partial charge in [0.25, 0.3) is 5.56 Å². The molecule has 2 heterocycles. The first-order valence-electron chi connectivity index (χ1n) is 11.3. The molecular weight excluding hydrogens is 548 g/mol. The summed E-state index contributed by atoms with van der Waals surface area (Å²) in [6, 6.07) is 9.81. The van der Waals surface area contributed by atoms with Crippen molar-refractivity contribution in [2.45, 2.75) is 26.8 Å². The van der Waals surface area contributed by atoms with Crippen LogP contribution < -0.4 is 24.4 Å². The maximum Gasteiger partial charge on any atom is 0.338 e. The second-order valence-corrected chi connectivity index (χ2v) is 9.77. The first kappa shape index (κ1) is 25.7. The van der Waals surface area contributed by atoms with Gasteiger partial charge in [-0.25, -0.2) is 9.79 Å². The van der Waals surface area contributed by atoms with Crippen LogP contribution in [0.3, 0.4) is 0 Å². The first-order chi connectivity index (χ1) is 17.3. The quantitative estimate of drug-likeness (QED) is 0.434. The fourth-order valence-corrected chi connectivity index (χ4v) is 5.50. The van der Waals surface area contributed by atoms with E-state index in [9.17, 15) is 14.7 Å². The summed E-state index contributed by atoms with van der Waals surface area (Å²) < 4.78 is 18.6. The lowest BCUT2D eigenvalue weighted by atomic mass is 9.96. The Morgan fingerprint density at radius 3 is 2.58 bits per heavy atom. The summed E-state index contributed by atoms with van der Waals surface area (Å²) in [5, 5.41) is 10.7. The van der Waals surface area contributed by atoms with Crippen molar-refractivity contribution in [3.8, 4) is 17.2 Å². The van der Waals surface area contributed by atoms with Gasteiger partial charge in [-0.1, -0.05) is 39.4 Å². The lowest BCUT2D eigenvalue weighted by Crippen LogP contribution is -2.39.